The van der Waals surface area contributed by atoms with Gasteiger partial charge < -0.3 is 5.11 Å². The first-order valence-corrected chi connectivity index (χ1v) is 4.62. The number of nitrogens with zero attached hydrogens (tertiary/aromatic N) is 1. The van der Waals surface area contributed by atoms with Crippen LogP contribution < -0.4 is 0 Å². The molecule has 1 rings (SSSR count). The van der Waals surface area contributed by atoms with Crippen LogP contribution in [-0.2, 0) is 4.79 Å². The van der Waals surface area contributed by atoms with Gasteiger partial charge in [-0.25, -0.2) is 0 Å². The monoisotopic (exact) mass is 171 g/mol. The van der Waals surface area contributed by atoms with Gasteiger partial charge >= 0.3 is 5.97 Å². The summed E-state index contributed by atoms with van der Waals surface area (Å²) in [4.78, 5) is 12.9. The highest BCUT2D eigenvalue weighted by Gasteiger charge is 2.30. The van der Waals surface area contributed by atoms with Gasteiger partial charge in [-0.05, 0) is 31.8 Å². The Balaban J connectivity index is 2.58. The fourth-order valence-electron chi connectivity index (χ4n) is 1.83. The fraction of sp³-hybridized carbons (Fsp3) is 0.889. The average molecular weight is 171 g/mol. The molecule has 1 saturated heterocycles. The van der Waals surface area contributed by atoms with Gasteiger partial charge in [-0.1, -0.05) is 13.8 Å². The van der Waals surface area contributed by atoms with Gasteiger partial charge in [0.2, 0.25) is 0 Å². The van der Waals surface area contributed by atoms with Crippen molar-refractivity contribution in [3.8, 4) is 0 Å². The van der Waals surface area contributed by atoms with Crippen molar-refractivity contribution in [2.24, 2.45) is 5.92 Å². The number of hydrogen-bond acceptors (Lipinski definition) is 2. The lowest BCUT2D eigenvalue weighted by molar-refractivity contribution is -0.145. The van der Waals surface area contributed by atoms with Crippen molar-refractivity contribution in [2.45, 2.75) is 32.7 Å². The van der Waals surface area contributed by atoms with Gasteiger partial charge in [0.25, 0.3) is 0 Å². The molecule has 2 atom stereocenters. The van der Waals surface area contributed by atoms with E-state index in [4.69, 9.17) is 5.11 Å². The van der Waals surface area contributed by atoms with Crippen LogP contribution in [0.5, 0.6) is 0 Å². The van der Waals surface area contributed by atoms with Crippen molar-refractivity contribution < 1.29 is 9.90 Å². The van der Waals surface area contributed by atoms with E-state index in [1.54, 1.807) is 0 Å². The maximum Gasteiger partial charge on any atom is 0.320 e. The van der Waals surface area contributed by atoms with Gasteiger partial charge in [0, 0.05) is 0 Å². The predicted octanol–water partition coefficient (Wildman–Crippen LogP) is 1.19. The molecule has 0 spiro atoms. The quantitative estimate of drug-likeness (QED) is 0.678. The number of aliphatic carboxylic acids is 1. The summed E-state index contributed by atoms with van der Waals surface area (Å²) in [5.41, 5.74) is 0. The molecule has 1 N–H and O–H groups in total. The molecule has 0 radical (unpaired) electrons. The summed E-state index contributed by atoms with van der Waals surface area (Å²) >= 11 is 0. The van der Waals surface area contributed by atoms with Gasteiger partial charge in [-0.3, -0.25) is 9.69 Å². The third-order valence-electron chi connectivity index (χ3n) is 2.67. The zero-order chi connectivity index (χ0) is 9.14. The summed E-state index contributed by atoms with van der Waals surface area (Å²) < 4.78 is 0. The molecule has 0 aromatic heterocycles. The number of carbonyl (C=O) groups is 1. The largest absolute Gasteiger partial charge is 0.480 e. The Morgan fingerprint density at radius 1 is 1.67 bits per heavy atom. The van der Waals surface area contributed by atoms with Crippen LogP contribution in [0.15, 0.2) is 0 Å². The molecule has 0 aliphatic carbocycles. The minimum atomic E-state index is -0.664. The SMILES string of the molecule is CCN1CC[C@H](C)C[C@H]1C(=O)O. The fourth-order valence-corrected chi connectivity index (χ4v) is 1.83. The van der Waals surface area contributed by atoms with E-state index < -0.39 is 5.97 Å². The Morgan fingerprint density at radius 3 is 2.83 bits per heavy atom. The molecule has 1 fully saturated rings. The van der Waals surface area contributed by atoms with E-state index in [0.717, 1.165) is 25.9 Å². The van der Waals surface area contributed by atoms with Gasteiger partial charge in [0.15, 0.2) is 0 Å². The number of hydrogen-bond donors (Lipinski definition) is 1. The summed E-state index contributed by atoms with van der Waals surface area (Å²) in [6.45, 7) is 5.94. The van der Waals surface area contributed by atoms with E-state index in [2.05, 4.69) is 6.92 Å². The molecular weight excluding hydrogens is 154 g/mol. The molecule has 0 saturated carbocycles. The molecule has 0 amide bonds. The lowest BCUT2D eigenvalue weighted by Crippen LogP contribution is -2.46. The molecule has 0 aromatic carbocycles. The zero-order valence-electron chi connectivity index (χ0n) is 7.79. The smallest absolute Gasteiger partial charge is 0.320 e. The van der Waals surface area contributed by atoms with Crippen molar-refractivity contribution >= 4 is 5.97 Å². The van der Waals surface area contributed by atoms with Crippen LogP contribution in [0.2, 0.25) is 0 Å². The second kappa shape index (κ2) is 3.90. The van der Waals surface area contributed by atoms with Gasteiger partial charge in [-0.2, -0.15) is 0 Å². The topological polar surface area (TPSA) is 40.5 Å². The van der Waals surface area contributed by atoms with E-state index in [0.29, 0.717) is 5.92 Å². The van der Waals surface area contributed by atoms with E-state index in [1.807, 2.05) is 11.8 Å². The van der Waals surface area contributed by atoms with Crippen molar-refractivity contribution in [2.75, 3.05) is 13.1 Å². The number of piperidine rings is 1. The molecule has 1 aliphatic rings. The summed E-state index contributed by atoms with van der Waals surface area (Å²) in [6.07, 6.45) is 1.95. The Labute approximate surface area is 73.4 Å². The van der Waals surface area contributed by atoms with Crippen LogP contribution >= 0.6 is 0 Å². The van der Waals surface area contributed by atoms with E-state index in [9.17, 15) is 4.79 Å². The third-order valence-corrected chi connectivity index (χ3v) is 2.67. The molecular formula is C9H17NO2. The maximum atomic E-state index is 10.8. The van der Waals surface area contributed by atoms with Crippen LogP contribution in [0.25, 0.3) is 0 Å². The molecule has 3 heteroatoms. The maximum absolute atomic E-state index is 10.8. The van der Waals surface area contributed by atoms with Crippen LogP contribution in [0.1, 0.15) is 26.7 Å². The zero-order valence-corrected chi connectivity index (χ0v) is 7.79. The first-order chi connectivity index (χ1) is 5.65. The van der Waals surface area contributed by atoms with E-state index >= 15 is 0 Å². The number of carboxylic acids is 1. The number of likely N-dealkylation sites (tertiary alicyclic amines) is 1. The van der Waals surface area contributed by atoms with E-state index in [-0.39, 0.29) is 6.04 Å². The lowest BCUT2D eigenvalue weighted by atomic mass is 9.92. The molecule has 70 valence electrons. The highest BCUT2D eigenvalue weighted by atomic mass is 16.4. The molecule has 0 aromatic rings. The predicted molar refractivity (Wildman–Crippen MR) is 47.1 cm³/mol. The number of rotatable bonds is 2. The van der Waals surface area contributed by atoms with Gasteiger partial charge in [0.05, 0.1) is 0 Å². The second-order valence-electron chi connectivity index (χ2n) is 3.61. The average Bonchev–Trinajstić information content (AvgIpc) is 2.04. The minimum Gasteiger partial charge on any atom is -0.480 e. The van der Waals surface area contributed by atoms with Crippen LogP contribution in [0.4, 0.5) is 0 Å². The first kappa shape index (κ1) is 9.52. The van der Waals surface area contributed by atoms with Crippen LogP contribution in [-0.4, -0.2) is 35.1 Å². The first-order valence-electron chi connectivity index (χ1n) is 4.62. The number of likely N-dealkylation sites (N-methyl/N-ethyl adjacent to an activating group) is 1. The van der Waals surface area contributed by atoms with Crippen molar-refractivity contribution in [3.05, 3.63) is 0 Å². The molecule has 0 bridgehead atoms. The van der Waals surface area contributed by atoms with Crippen LogP contribution in [0.3, 0.4) is 0 Å². The Morgan fingerprint density at radius 2 is 2.33 bits per heavy atom. The van der Waals surface area contributed by atoms with Crippen molar-refractivity contribution in [1.29, 1.82) is 0 Å². The molecule has 12 heavy (non-hydrogen) atoms. The Hall–Kier alpha value is -0.570. The second-order valence-corrected chi connectivity index (χ2v) is 3.61. The Kier molecular flexibility index (Phi) is 3.09. The molecule has 1 heterocycles. The van der Waals surface area contributed by atoms with E-state index in [1.165, 1.54) is 0 Å². The number of carboxylic acid groups (broad SMARTS) is 1. The van der Waals surface area contributed by atoms with Crippen molar-refractivity contribution in [1.82, 2.24) is 4.90 Å². The minimum absolute atomic E-state index is 0.237. The van der Waals surface area contributed by atoms with Crippen molar-refractivity contribution in [3.63, 3.8) is 0 Å². The molecule has 0 unspecified atom stereocenters. The van der Waals surface area contributed by atoms with Gasteiger partial charge in [-0.15, -0.1) is 0 Å². The summed E-state index contributed by atoms with van der Waals surface area (Å²) in [5.74, 6) is -0.0997. The third kappa shape index (κ3) is 1.97. The standard InChI is InChI=1S/C9H17NO2/c1-3-10-5-4-7(2)6-8(10)9(11)12/h7-8H,3-6H2,1-2H3,(H,11,12)/t7-,8-/m0/s1. The summed E-state index contributed by atoms with van der Waals surface area (Å²) in [6, 6.07) is -0.237. The molecule has 1 aliphatic heterocycles. The summed E-state index contributed by atoms with van der Waals surface area (Å²) in [7, 11) is 0. The van der Waals surface area contributed by atoms with Crippen LogP contribution in [0, 0.1) is 5.92 Å². The highest BCUT2D eigenvalue weighted by Crippen LogP contribution is 2.21. The Bertz CT molecular complexity index is 170. The summed E-state index contributed by atoms with van der Waals surface area (Å²) in [5, 5.41) is 8.92. The molecule has 3 nitrogen and oxygen atoms in total. The highest BCUT2D eigenvalue weighted by molar-refractivity contribution is 5.73. The van der Waals surface area contributed by atoms with Gasteiger partial charge in [0.1, 0.15) is 6.04 Å². The normalized spacial score (nSPS) is 31.8. The lowest BCUT2D eigenvalue weighted by Gasteiger charge is -2.34.